The summed E-state index contributed by atoms with van der Waals surface area (Å²) in [4.78, 5) is 14.7. The molecule has 6 nitrogen and oxygen atoms in total. The molecule has 4 rings (SSSR count). The number of amides is 1. The summed E-state index contributed by atoms with van der Waals surface area (Å²) in [5.74, 6) is 0.699. The Bertz CT molecular complexity index is 1190. The van der Waals surface area contributed by atoms with Gasteiger partial charge in [-0.05, 0) is 62.1 Å². The molecule has 0 aliphatic rings. The van der Waals surface area contributed by atoms with Crippen molar-refractivity contribution in [2.45, 2.75) is 6.04 Å². The third kappa shape index (κ3) is 4.88. The number of carbonyl (C=O) groups excluding carboxylic acids is 1. The minimum Gasteiger partial charge on any atom is -0.416 e. The highest BCUT2D eigenvalue weighted by atomic mass is 35.5. The monoisotopic (exact) mass is 446 g/mol. The van der Waals surface area contributed by atoms with E-state index in [1.54, 1.807) is 24.3 Å². The predicted molar refractivity (Wildman–Crippen MR) is 125 cm³/mol. The first-order valence-electron chi connectivity index (χ1n) is 10.2. The highest BCUT2D eigenvalue weighted by molar-refractivity contribution is 6.31. The average molecular weight is 447 g/mol. The fourth-order valence-corrected chi connectivity index (χ4v) is 3.67. The van der Waals surface area contributed by atoms with Gasteiger partial charge in [-0.15, -0.1) is 10.2 Å². The van der Waals surface area contributed by atoms with Crippen LogP contribution in [0.3, 0.4) is 0 Å². The van der Waals surface area contributed by atoms with Crippen molar-refractivity contribution in [3.8, 4) is 22.9 Å². The number of halogens is 1. The molecule has 1 heterocycles. The maximum Gasteiger partial charge on any atom is 0.251 e. The lowest BCUT2D eigenvalue weighted by atomic mass is 10.1. The summed E-state index contributed by atoms with van der Waals surface area (Å²) in [7, 11) is 3.92. The smallest absolute Gasteiger partial charge is 0.251 e. The van der Waals surface area contributed by atoms with Crippen LogP contribution in [-0.4, -0.2) is 41.6 Å². The number of benzene rings is 3. The van der Waals surface area contributed by atoms with Gasteiger partial charge in [0, 0.05) is 28.3 Å². The topological polar surface area (TPSA) is 71.3 Å². The van der Waals surface area contributed by atoms with Crippen molar-refractivity contribution in [2.75, 3.05) is 20.6 Å². The molecule has 7 heteroatoms. The maximum absolute atomic E-state index is 12.7. The average Bonchev–Trinajstić information content (AvgIpc) is 3.31. The van der Waals surface area contributed by atoms with E-state index in [1.807, 2.05) is 73.6 Å². The van der Waals surface area contributed by atoms with Gasteiger partial charge in [0.1, 0.15) is 0 Å². The van der Waals surface area contributed by atoms with Crippen LogP contribution in [0.5, 0.6) is 0 Å². The maximum atomic E-state index is 12.7. The molecule has 0 radical (unpaired) electrons. The second-order valence-electron chi connectivity index (χ2n) is 7.57. The van der Waals surface area contributed by atoms with Crippen LogP contribution in [0.25, 0.3) is 22.9 Å². The number of hydrogen-bond donors (Lipinski definition) is 1. The van der Waals surface area contributed by atoms with Crippen molar-refractivity contribution in [1.82, 2.24) is 20.4 Å². The number of nitrogens with one attached hydrogen (secondary N) is 1. The van der Waals surface area contributed by atoms with Crippen LogP contribution in [-0.2, 0) is 0 Å². The van der Waals surface area contributed by atoms with Crippen molar-refractivity contribution >= 4 is 17.5 Å². The molecule has 0 aliphatic heterocycles. The van der Waals surface area contributed by atoms with Crippen molar-refractivity contribution in [2.24, 2.45) is 0 Å². The third-order valence-corrected chi connectivity index (χ3v) is 5.53. The SMILES string of the molecule is CN(C)[C@@H](CNC(=O)c1ccc(-c2nnc(-c3ccccc3)o2)cc1)c1ccccc1Cl. The van der Waals surface area contributed by atoms with Gasteiger partial charge in [0.05, 0.1) is 6.04 Å². The summed E-state index contributed by atoms with van der Waals surface area (Å²) in [6.45, 7) is 0.432. The Hall–Kier alpha value is -3.48. The van der Waals surface area contributed by atoms with Gasteiger partial charge in [-0.25, -0.2) is 0 Å². The predicted octanol–water partition coefficient (Wildman–Crippen LogP) is 5.09. The fraction of sp³-hybridized carbons (Fsp3) is 0.160. The zero-order valence-electron chi connectivity index (χ0n) is 17.8. The summed E-state index contributed by atoms with van der Waals surface area (Å²) >= 11 is 6.35. The van der Waals surface area contributed by atoms with Crippen LogP contribution in [0, 0.1) is 0 Å². The molecule has 1 amide bonds. The minimum absolute atomic E-state index is 0.0401. The summed E-state index contributed by atoms with van der Waals surface area (Å²) in [6.07, 6.45) is 0. The van der Waals surface area contributed by atoms with Gasteiger partial charge in [-0.1, -0.05) is 48.0 Å². The number of hydrogen-bond acceptors (Lipinski definition) is 5. The first kappa shape index (κ1) is 21.7. The van der Waals surface area contributed by atoms with Crippen LogP contribution >= 0.6 is 11.6 Å². The zero-order valence-corrected chi connectivity index (χ0v) is 18.6. The Labute approximate surface area is 191 Å². The summed E-state index contributed by atoms with van der Waals surface area (Å²) in [5.41, 5.74) is 3.13. The van der Waals surface area contributed by atoms with Crippen molar-refractivity contribution < 1.29 is 9.21 Å². The van der Waals surface area contributed by atoms with E-state index in [1.165, 1.54) is 0 Å². The summed E-state index contributed by atoms with van der Waals surface area (Å²) in [5, 5.41) is 11.9. The van der Waals surface area contributed by atoms with E-state index < -0.39 is 0 Å². The first-order valence-corrected chi connectivity index (χ1v) is 10.6. The highest BCUT2D eigenvalue weighted by Gasteiger charge is 2.18. The lowest BCUT2D eigenvalue weighted by molar-refractivity contribution is 0.0942. The number of nitrogens with zero attached hydrogens (tertiary/aromatic N) is 3. The molecular formula is C25H23ClN4O2. The Balaban J connectivity index is 1.43. The Morgan fingerprint density at radius 1 is 0.906 bits per heavy atom. The van der Waals surface area contributed by atoms with Crippen molar-refractivity contribution in [1.29, 1.82) is 0 Å². The van der Waals surface area contributed by atoms with E-state index in [-0.39, 0.29) is 11.9 Å². The lowest BCUT2D eigenvalue weighted by Gasteiger charge is -2.26. The van der Waals surface area contributed by atoms with E-state index in [4.69, 9.17) is 16.0 Å². The van der Waals surface area contributed by atoms with Crippen LogP contribution in [0.15, 0.2) is 83.3 Å². The van der Waals surface area contributed by atoms with E-state index in [9.17, 15) is 4.79 Å². The number of carbonyl (C=O) groups is 1. The zero-order chi connectivity index (χ0) is 22.5. The largest absolute Gasteiger partial charge is 0.416 e. The molecule has 1 N–H and O–H groups in total. The van der Waals surface area contributed by atoms with E-state index in [2.05, 4.69) is 15.5 Å². The van der Waals surface area contributed by atoms with Crippen molar-refractivity contribution in [3.05, 3.63) is 95.0 Å². The molecule has 0 aliphatic carbocycles. The highest BCUT2D eigenvalue weighted by Crippen LogP contribution is 2.26. The quantitative estimate of drug-likeness (QED) is 0.428. The minimum atomic E-state index is -0.161. The van der Waals surface area contributed by atoms with Crippen LogP contribution in [0.4, 0.5) is 0 Å². The molecule has 0 saturated carbocycles. The molecule has 32 heavy (non-hydrogen) atoms. The summed E-state index contributed by atoms with van der Waals surface area (Å²) < 4.78 is 5.78. The second kappa shape index (κ2) is 9.77. The van der Waals surface area contributed by atoms with Gasteiger partial charge in [0.15, 0.2) is 0 Å². The Morgan fingerprint density at radius 2 is 1.50 bits per heavy atom. The number of likely N-dealkylation sites (N-methyl/N-ethyl adjacent to an activating group) is 1. The van der Waals surface area contributed by atoms with E-state index in [0.717, 1.165) is 16.7 Å². The third-order valence-electron chi connectivity index (χ3n) is 5.18. The van der Waals surface area contributed by atoms with Gasteiger partial charge in [-0.2, -0.15) is 0 Å². The molecule has 0 unspecified atom stereocenters. The van der Waals surface area contributed by atoms with Crippen LogP contribution in [0.2, 0.25) is 5.02 Å². The molecule has 0 spiro atoms. The number of aromatic nitrogens is 2. The molecule has 0 saturated heterocycles. The van der Waals surface area contributed by atoms with E-state index >= 15 is 0 Å². The van der Waals surface area contributed by atoms with Gasteiger partial charge in [-0.3, -0.25) is 4.79 Å². The van der Waals surface area contributed by atoms with Gasteiger partial charge in [0.25, 0.3) is 5.91 Å². The molecule has 3 aromatic carbocycles. The molecular weight excluding hydrogens is 424 g/mol. The van der Waals surface area contributed by atoms with Gasteiger partial charge >= 0.3 is 0 Å². The summed E-state index contributed by atoms with van der Waals surface area (Å²) in [6, 6.07) is 24.3. The van der Waals surface area contributed by atoms with Gasteiger partial charge < -0.3 is 14.6 Å². The molecule has 1 atom stereocenters. The number of rotatable bonds is 7. The van der Waals surface area contributed by atoms with Crippen molar-refractivity contribution in [3.63, 3.8) is 0 Å². The Kier molecular flexibility index (Phi) is 6.63. The first-order chi connectivity index (χ1) is 15.5. The standard InChI is InChI=1S/C25H23ClN4O2/c1-30(2)22(20-10-6-7-11-21(20)26)16-27-23(31)17-12-14-19(15-13-17)25-29-28-24(32-25)18-8-4-3-5-9-18/h3-15,22H,16H2,1-2H3,(H,27,31)/t22-/m0/s1. The van der Waals surface area contributed by atoms with E-state index in [0.29, 0.717) is 28.9 Å². The van der Waals surface area contributed by atoms with Gasteiger partial charge in [0.2, 0.25) is 11.8 Å². The molecule has 1 aromatic heterocycles. The van der Waals surface area contributed by atoms with Crippen LogP contribution in [0.1, 0.15) is 22.0 Å². The second-order valence-corrected chi connectivity index (χ2v) is 7.97. The molecule has 0 fully saturated rings. The fourth-order valence-electron chi connectivity index (χ4n) is 3.41. The molecule has 4 aromatic rings. The van der Waals surface area contributed by atoms with Crippen LogP contribution < -0.4 is 5.32 Å². The Morgan fingerprint density at radius 3 is 2.12 bits per heavy atom. The lowest BCUT2D eigenvalue weighted by Crippen LogP contribution is -2.34. The molecule has 0 bridgehead atoms. The normalized spacial score (nSPS) is 12.0. The molecule has 162 valence electrons.